The third-order valence-corrected chi connectivity index (χ3v) is 3.87. The number of halogens is 2. The Morgan fingerprint density at radius 3 is 2.40 bits per heavy atom. The number of nitrogens with one attached hydrogen (secondary N) is 1. The van der Waals surface area contributed by atoms with Gasteiger partial charge in [0, 0.05) is 20.2 Å². The minimum atomic E-state index is 0.0782. The highest BCUT2D eigenvalue weighted by atomic mass is 79.9. The van der Waals surface area contributed by atoms with Gasteiger partial charge in [0.25, 0.3) is 0 Å². The summed E-state index contributed by atoms with van der Waals surface area (Å²) < 4.78 is 1.73. The normalized spacial score (nSPS) is 10.9. The van der Waals surface area contributed by atoms with Crippen LogP contribution in [-0.2, 0) is 0 Å². The summed E-state index contributed by atoms with van der Waals surface area (Å²) in [4.78, 5) is 15.3. The van der Waals surface area contributed by atoms with Crippen LogP contribution in [0.4, 0.5) is 0 Å². The smallest absolute Gasteiger partial charge is 0.193 e. The van der Waals surface area contributed by atoms with E-state index in [1.165, 1.54) is 0 Å². The van der Waals surface area contributed by atoms with Crippen LogP contribution in [0.2, 0.25) is 0 Å². The van der Waals surface area contributed by atoms with Crippen LogP contribution in [0, 0.1) is 13.8 Å². The highest BCUT2D eigenvalue weighted by Gasteiger charge is 2.10. The average Bonchev–Trinajstić information content (AvgIpc) is 2.20. The van der Waals surface area contributed by atoms with Gasteiger partial charge < -0.3 is 4.98 Å². The van der Waals surface area contributed by atoms with Crippen molar-refractivity contribution in [3.8, 4) is 0 Å². The van der Waals surface area contributed by atoms with Gasteiger partial charge in [0.2, 0.25) is 0 Å². The molecule has 0 aliphatic rings. The number of pyridine rings is 1. The first kappa shape index (κ1) is 10.9. The number of hydrogen-bond acceptors (Lipinski definition) is 1. The zero-order chi connectivity index (χ0) is 11.2. The first-order valence-electron chi connectivity index (χ1n) is 4.49. The summed E-state index contributed by atoms with van der Waals surface area (Å²) in [6.45, 7) is 3.74. The lowest BCUT2D eigenvalue weighted by Gasteiger charge is -2.07. The number of benzene rings is 1. The van der Waals surface area contributed by atoms with Gasteiger partial charge in [0.1, 0.15) is 0 Å². The molecule has 0 saturated heterocycles. The quantitative estimate of drug-likeness (QED) is 0.785. The first-order valence-corrected chi connectivity index (χ1v) is 6.08. The molecule has 2 nitrogen and oxygen atoms in total. The van der Waals surface area contributed by atoms with Crippen LogP contribution in [-0.4, -0.2) is 4.98 Å². The molecular weight excluding hydrogens is 322 g/mol. The van der Waals surface area contributed by atoms with Gasteiger partial charge in [-0.1, -0.05) is 0 Å². The van der Waals surface area contributed by atoms with Crippen molar-refractivity contribution in [3.05, 3.63) is 42.6 Å². The number of hydrogen-bond donors (Lipinski definition) is 1. The van der Waals surface area contributed by atoms with Gasteiger partial charge in [-0.15, -0.1) is 0 Å². The van der Waals surface area contributed by atoms with Crippen molar-refractivity contribution in [2.45, 2.75) is 13.8 Å². The third-order valence-electron chi connectivity index (χ3n) is 2.55. The topological polar surface area (TPSA) is 32.9 Å². The molecule has 78 valence electrons. The Bertz CT molecular complexity index is 602. The van der Waals surface area contributed by atoms with Gasteiger partial charge in [-0.3, -0.25) is 4.79 Å². The molecule has 4 heteroatoms. The van der Waals surface area contributed by atoms with E-state index in [1.807, 2.05) is 26.0 Å². The van der Waals surface area contributed by atoms with Gasteiger partial charge in [-0.05, 0) is 57.8 Å². The van der Waals surface area contributed by atoms with Crippen LogP contribution in [0.15, 0.2) is 25.9 Å². The second-order valence-electron chi connectivity index (χ2n) is 3.48. The van der Waals surface area contributed by atoms with Crippen LogP contribution in [0.3, 0.4) is 0 Å². The fourth-order valence-corrected chi connectivity index (χ4v) is 2.48. The molecule has 0 unspecified atom stereocenters. The molecule has 0 aliphatic heterocycles. The molecule has 2 rings (SSSR count). The summed E-state index contributed by atoms with van der Waals surface area (Å²) in [6.07, 6.45) is 0. The van der Waals surface area contributed by atoms with E-state index in [-0.39, 0.29) is 5.43 Å². The van der Waals surface area contributed by atoms with E-state index < -0.39 is 0 Å². The second kappa shape index (κ2) is 3.76. The number of aryl methyl sites for hydroxylation is 1. The largest absolute Gasteiger partial charge is 0.357 e. The Labute approximate surface area is 104 Å². The standard InChI is InChI=1S/C11H9Br2NO/c1-5-6(2)14-10-8(13)4-3-7(12)9(10)11(5)15/h3-4H,1-2H3,(H,14,15). The molecule has 1 aromatic heterocycles. The van der Waals surface area contributed by atoms with Crippen molar-refractivity contribution in [2.24, 2.45) is 0 Å². The Hall–Kier alpha value is -0.610. The van der Waals surface area contributed by atoms with Crippen LogP contribution in [0.5, 0.6) is 0 Å². The predicted molar refractivity (Wildman–Crippen MR) is 69.4 cm³/mol. The molecule has 0 fully saturated rings. The fraction of sp³-hybridized carbons (Fsp3) is 0.182. The molecule has 0 amide bonds. The number of fused-ring (bicyclic) bond motifs is 1. The second-order valence-corrected chi connectivity index (χ2v) is 5.19. The maximum Gasteiger partial charge on any atom is 0.193 e. The van der Waals surface area contributed by atoms with E-state index >= 15 is 0 Å². The van der Waals surface area contributed by atoms with Crippen molar-refractivity contribution in [2.75, 3.05) is 0 Å². The predicted octanol–water partition coefficient (Wildman–Crippen LogP) is 3.67. The van der Waals surface area contributed by atoms with Gasteiger partial charge in [0.15, 0.2) is 5.43 Å². The van der Waals surface area contributed by atoms with Gasteiger partial charge in [-0.25, -0.2) is 0 Å². The van der Waals surface area contributed by atoms with Gasteiger partial charge >= 0.3 is 0 Å². The monoisotopic (exact) mass is 329 g/mol. The summed E-state index contributed by atoms with van der Waals surface area (Å²) in [5, 5.41) is 0.701. The van der Waals surface area contributed by atoms with Crippen molar-refractivity contribution in [3.63, 3.8) is 0 Å². The first-order chi connectivity index (χ1) is 7.02. The lowest BCUT2D eigenvalue weighted by molar-refractivity contribution is 1.17. The van der Waals surface area contributed by atoms with E-state index in [2.05, 4.69) is 36.8 Å². The van der Waals surface area contributed by atoms with E-state index in [9.17, 15) is 4.79 Å². The molecule has 1 heterocycles. The molecule has 1 N–H and O–H groups in total. The summed E-state index contributed by atoms with van der Waals surface area (Å²) in [6, 6.07) is 3.79. The summed E-state index contributed by atoms with van der Waals surface area (Å²) in [7, 11) is 0. The highest BCUT2D eigenvalue weighted by Crippen LogP contribution is 2.27. The minimum absolute atomic E-state index is 0.0782. The number of rotatable bonds is 0. The molecule has 0 aliphatic carbocycles. The molecule has 0 saturated carbocycles. The van der Waals surface area contributed by atoms with Gasteiger partial charge in [-0.2, -0.15) is 0 Å². The molecule has 2 aromatic rings. The fourth-order valence-electron chi connectivity index (χ4n) is 1.54. The summed E-state index contributed by atoms with van der Waals surface area (Å²) in [5.74, 6) is 0. The summed E-state index contributed by atoms with van der Waals surface area (Å²) >= 11 is 6.83. The van der Waals surface area contributed by atoms with Gasteiger partial charge in [0.05, 0.1) is 10.9 Å². The van der Waals surface area contributed by atoms with Crippen molar-refractivity contribution in [1.29, 1.82) is 0 Å². The molecule has 1 aromatic carbocycles. The molecule has 0 atom stereocenters. The van der Waals surface area contributed by atoms with Crippen LogP contribution < -0.4 is 5.43 Å². The maximum atomic E-state index is 12.1. The van der Waals surface area contributed by atoms with Crippen molar-refractivity contribution in [1.82, 2.24) is 4.98 Å². The minimum Gasteiger partial charge on any atom is -0.357 e. The zero-order valence-electron chi connectivity index (χ0n) is 8.32. The van der Waals surface area contributed by atoms with Crippen molar-refractivity contribution >= 4 is 42.8 Å². The van der Waals surface area contributed by atoms with Crippen LogP contribution in [0.25, 0.3) is 10.9 Å². The maximum absolute atomic E-state index is 12.1. The Morgan fingerprint density at radius 1 is 1.13 bits per heavy atom. The number of aromatic nitrogens is 1. The van der Waals surface area contributed by atoms with E-state index in [4.69, 9.17) is 0 Å². The number of H-pyrrole nitrogens is 1. The Balaban J connectivity index is 3.12. The summed E-state index contributed by atoms with van der Waals surface area (Å²) in [5.41, 5.74) is 2.60. The zero-order valence-corrected chi connectivity index (χ0v) is 11.5. The lowest BCUT2D eigenvalue weighted by atomic mass is 10.1. The van der Waals surface area contributed by atoms with Crippen LogP contribution >= 0.6 is 31.9 Å². The highest BCUT2D eigenvalue weighted by molar-refractivity contribution is 9.11. The van der Waals surface area contributed by atoms with E-state index in [1.54, 1.807) is 0 Å². The SMILES string of the molecule is Cc1[nH]c2c(Br)ccc(Br)c2c(=O)c1C. The molecule has 0 radical (unpaired) electrons. The molecule has 0 bridgehead atoms. The van der Waals surface area contributed by atoms with E-state index in [0.29, 0.717) is 5.39 Å². The molecule has 0 spiro atoms. The third kappa shape index (κ3) is 1.66. The average molecular weight is 331 g/mol. The number of aromatic amines is 1. The van der Waals surface area contributed by atoms with Crippen molar-refractivity contribution < 1.29 is 0 Å². The Kier molecular flexibility index (Phi) is 2.73. The Morgan fingerprint density at radius 2 is 1.73 bits per heavy atom. The molecular formula is C11H9Br2NO. The van der Waals surface area contributed by atoms with E-state index in [0.717, 1.165) is 25.7 Å². The lowest BCUT2D eigenvalue weighted by Crippen LogP contribution is -2.10. The van der Waals surface area contributed by atoms with Crippen LogP contribution in [0.1, 0.15) is 11.3 Å². The molecule has 15 heavy (non-hydrogen) atoms.